The molecule has 4 saturated heterocycles. The molecule has 0 unspecified atom stereocenters. The molecule has 4 heterocycles. The van der Waals surface area contributed by atoms with Gasteiger partial charge in [0.2, 0.25) is 10.0 Å². The van der Waals surface area contributed by atoms with Crippen LogP contribution in [0.3, 0.4) is 0 Å². The first kappa shape index (κ1) is 25.1. The summed E-state index contributed by atoms with van der Waals surface area (Å²) < 4.78 is 30.0. The van der Waals surface area contributed by atoms with Crippen LogP contribution in [-0.2, 0) is 14.8 Å². The van der Waals surface area contributed by atoms with Crippen molar-refractivity contribution in [1.29, 1.82) is 0 Å². The topological polar surface area (TPSA) is 53.1 Å². The Morgan fingerprint density at radius 2 is 1.34 bits per heavy atom. The molecule has 29 heavy (non-hydrogen) atoms. The van der Waals surface area contributed by atoms with Crippen LogP contribution in [0.4, 0.5) is 0 Å². The average Bonchev–Trinajstić information content (AvgIpc) is 3.29. The minimum atomic E-state index is -2.98. The molecule has 0 atom stereocenters. The molecular weight excluding hydrogens is 386 g/mol. The second kappa shape index (κ2) is 10.9. The fourth-order valence-corrected chi connectivity index (χ4v) is 6.23. The Hall–Kier alpha value is -0.210. The van der Waals surface area contributed by atoms with Crippen LogP contribution in [0.1, 0.15) is 59.3 Å². The number of nitrogens with zero attached hydrogens (tertiary/aromatic N) is 3. The molecule has 172 valence electrons. The van der Waals surface area contributed by atoms with E-state index in [1.165, 1.54) is 38.6 Å². The summed E-state index contributed by atoms with van der Waals surface area (Å²) in [6.07, 6.45) is 8.67. The van der Waals surface area contributed by atoms with E-state index in [9.17, 15) is 8.42 Å². The average molecular weight is 432 g/mol. The van der Waals surface area contributed by atoms with Crippen LogP contribution in [0.5, 0.6) is 0 Å². The van der Waals surface area contributed by atoms with Crippen LogP contribution in [0.25, 0.3) is 0 Å². The normalized spacial score (nSPS) is 27.3. The van der Waals surface area contributed by atoms with Crippen molar-refractivity contribution in [2.75, 3.05) is 72.3 Å². The van der Waals surface area contributed by atoms with Gasteiger partial charge >= 0.3 is 0 Å². The van der Waals surface area contributed by atoms with Gasteiger partial charge in [0.25, 0.3) is 0 Å². The maximum absolute atomic E-state index is 11.5. The van der Waals surface area contributed by atoms with Crippen LogP contribution in [-0.4, -0.2) is 94.9 Å². The van der Waals surface area contributed by atoms with Gasteiger partial charge < -0.3 is 14.5 Å². The molecule has 4 rings (SSSR count). The summed E-state index contributed by atoms with van der Waals surface area (Å²) >= 11 is 0. The summed E-state index contributed by atoms with van der Waals surface area (Å²) in [5.41, 5.74) is 0.932. The van der Waals surface area contributed by atoms with E-state index in [2.05, 4.69) is 23.8 Å². The van der Waals surface area contributed by atoms with Crippen molar-refractivity contribution >= 4 is 10.0 Å². The van der Waals surface area contributed by atoms with Gasteiger partial charge in [-0.2, -0.15) is 0 Å². The van der Waals surface area contributed by atoms with Crippen molar-refractivity contribution in [3.05, 3.63) is 0 Å². The van der Waals surface area contributed by atoms with Crippen molar-refractivity contribution in [2.45, 2.75) is 59.3 Å². The van der Waals surface area contributed by atoms with E-state index in [0.29, 0.717) is 5.41 Å². The molecule has 0 aromatic heterocycles. The highest BCUT2D eigenvalue weighted by molar-refractivity contribution is 7.88. The molecule has 2 spiro atoms. The standard InChI is InChI=1S/C11H22N2O2S.C9H17NO.C2H6/c1-3-12-7-4-11(5-8-12)6-9-13(10-11)16(2,14)15;1-10-5-2-9(8-10)3-6-11-7-4-9;1-2/h3-10H2,1-2H3;2-8H2,1H3;1-2H3. The van der Waals surface area contributed by atoms with Crippen molar-refractivity contribution in [2.24, 2.45) is 10.8 Å². The summed E-state index contributed by atoms with van der Waals surface area (Å²) in [4.78, 5) is 4.90. The molecule has 7 heteroatoms. The van der Waals surface area contributed by atoms with Crippen molar-refractivity contribution in [3.8, 4) is 0 Å². The van der Waals surface area contributed by atoms with Gasteiger partial charge in [-0.25, -0.2) is 12.7 Å². The maximum atomic E-state index is 11.5. The predicted octanol–water partition coefficient (Wildman–Crippen LogP) is 2.90. The Morgan fingerprint density at radius 1 is 0.828 bits per heavy atom. The van der Waals surface area contributed by atoms with Crippen LogP contribution in [0.2, 0.25) is 0 Å². The van der Waals surface area contributed by atoms with Gasteiger partial charge in [-0.1, -0.05) is 20.8 Å². The minimum absolute atomic E-state index is 0.286. The SMILES string of the molecule is CC.CCN1CCC2(CC1)CCN(S(C)(=O)=O)C2.CN1CCC2(CCOCC2)C1. The van der Waals surface area contributed by atoms with Gasteiger partial charge in [0.05, 0.1) is 6.26 Å². The number of piperidine rings is 1. The Labute approximate surface area is 180 Å². The molecular formula is C22H45N3O3S. The van der Waals surface area contributed by atoms with E-state index in [1.54, 1.807) is 4.31 Å². The lowest BCUT2D eigenvalue weighted by atomic mass is 9.78. The quantitative estimate of drug-likeness (QED) is 0.673. The van der Waals surface area contributed by atoms with Crippen molar-refractivity contribution < 1.29 is 13.2 Å². The summed E-state index contributed by atoms with van der Waals surface area (Å²) in [6, 6.07) is 0. The minimum Gasteiger partial charge on any atom is -0.381 e. The Bertz CT molecular complexity index is 577. The lowest BCUT2D eigenvalue weighted by molar-refractivity contribution is 0.0205. The summed E-state index contributed by atoms with van der Waals surface area (Å²) in [7, 11) is -0.751. The van der Waals surface area contributed by atoms with E-state index < -0.39 is 10.0 Å². The molecule has 6 nitrogen and oxygen atoms in total. The van der Waals surface area contributed by atoms with Crippen molar-refractivity contribution in [3.63, 3.8) is 0 Å². The highest BCUT2D eigenvalue weighted by Gasteiger charge is 2.42. The smallest absolute Gasteiger partial charge is 0.211 e. The second-order valence-electron chi connectivity index (χ2n) is 9.38. The predicted molar refractivity (Wildman–Crippen MR) is 121 cm³/mol. The number of hydrogen-bond acceptors (Lipinski definition) is 5. The zero-order valence-corrected chi connectivity index (χ0v) is 20.4. The Kier molecular flexibility index (Phi) is 9.41. The third-order valence-corrected chi connectivity index (χ3v) is 8.67. The molecule has 0 aliphatic carbocycles. The van der Waals surface area contributed by atoms with E-state index >= 15 is 0 Å². The highest BCUT2D eigenvalue weighted by Crippen LogP contribution is 2.41. The van der Waals surface area contributed by atoms with Gasteiger partial charge in [0.1, 0.15) is 0 Å². The van der Waals surface area contributed by atoms with Gasteiger partial charge in [-0.05, 0) is 82.6 Å². The molecule has 0 saturated carbocycles. The first-order valence-corrected chi connectivity index (χ1v) is 13.5. The zero-order valence-electron chi connectivity index (χ0n) is 19.6. The maximum Gasteiger partial charge on any atom is 0.211 e. The fraction of sp³-hybridized carbons (Fsp3) is 1.00. The third-order valence-electron chi connectivity index (χ3n) is 7.42. The van der Waals surface area contributed by atoms with Crippen LogP contribution < -0.4 is 0 Å². The molecule has 4 aliphatic rings. The number of hydrogen-bond donors (Lipinski definition) is 0. The Morgan fingerprint density at radius 3 is 1.79 bits per heavy atom. The second-order valence-corrected chi connectivity index (χ2v) is 11.4. The first-order chi connectivity index (χ1) is 13.8. The van der Waals surface area contributed by atoms with E-state index in [4.69, 9.17) is 4.74 Å². The van der Waals surface area contributed by atoms with Crippen LogP contribution in [0.15, 0.2) is 0 Å². The molecule has 0 bridgehead atoms. The number of rotatable bonds is 2. The largest absolute Gasteiger partial charge is 0.381 e. The summed E-state index contributed by atoms with van der Waals surface area (Å²) in [5, 5.41) is 0. The fourth-order valence-electron chi connectivity index (χ4n) is 5.30. The van der Waals surface area contributed by atoms with E-state index in [-0.39, 0.29) is 5.41 Å². The molecule has 0 radical (unpaired) electrons. The van der Waals surface area contributed by atoms with Crippen molar-refractivity contribution in [1.82, 2.24) is 14.1 Å². The monoisotopic (exact) mass is 431 g/mol. The number of likely N-dealkylation sites (tertiary alicyclic amines) is 2. The van der Waals surface area contributed by atoms with Gasteiger partial charge in [-0.15, -0.1) is 0 Å². The van der Waals surface area contributed by atoms with Gasteiger partial charge in [-0.3, -0.25) is 0 Å². The molecule has 0 N–H and O–H groups in total. The van der Waals surface area contributed by atoms with Crippen LogP contribution >= 0.6 is 0 Å². The summed E-state index contributed by atoms with van der Waals surface area (Å²) in [5.74, 6) is 0. The van der Waals surface area contributed by atoms with E-state index in [1.807, 2.05) is 13.8 Å². The molecule has 0 aromatic carbocycles. The zero-order chi connectivity index (χ0) is 21.5. The first-order valence-electron chi connectivity index (χ1n) is 11.7. The third kappa shape index (κ3) is 6.89. The highest BCUT2D eigenvalue weighted by atomic mass is 32.2. The Balaban J connectivity index is 0.000000201. The summed E-state index contributed by atoms with van der Waals surface area (Å²) in [6.45, 7) is 15.6. The lowest BCUT2D eigenvalue weighted by Gasteiger charge is -2.38. The number of ether oxygens (including phenoxy) is 1. The van der Waals surface area contributed by atoms with Crippen LogP contribution in [0, 0.1) is 10.8 Å². The van der Waals surface area contributed by atoms with E-state index in [0.717, 1.165) is 65.2 Å². The number of sulfonamides is 1. The van der Waals surface area contributed by atoms with Gasteiger partial charge in [0, 0.05) is 32.8 Å². The molecule has 0 amide bonds. The molecule has 4 fully saturated rings. The lowest BCUT2D eigenvalue weighted by Crippen LogP contribution is -2.41. The molecule has 0 aromatic rings. The van der Waals surface area contributed by atoms with Gasteiger partial charge in [0.15, 0.2) is 0 Å². The molecule has 4 aliphatic heterocycles.